The Morgan fingerprint density at radius 1 is 0.592 bits per heavy atom. The monoisotopic (exact) mass is 669 g/mol. The largest absolute Gasteiger partial charge is 0.0651 e. The Hall–Kier alpha value is 0. The van der Waals surface area contributed by atoms with Crippen LogP contribution in [0.5, 0.6) is 0 Å². The van der Waals surface area contributed by atoms with Gasteiger partial charge in [0.05, 0.1) is 0 Å². The number of hydrogen-bond acceptors (Lipinski definition) is 0. The van der Waals surface area contributed by atoms with E-state index >= 15 is 0 Å². The van der Waals surface area contributed by atoms with Gasteiger partial charge in [0.1, 0.15) is 0 Å². The van der Waals surface area contributed by atoms with E-state index in [4.69, 9.17) is 0 Å². The summed E-state index contributed by atoms with van der Waals surface area (Å²) in [6.07, 6.45) is 28.9. The van der Waals surface area contributed by atoms with Gasteiger partial charge in [0.25, 0.3) is 0 Å². The van der Waals surface area contributed by atoms with Gasteiger partial charge < -0.3 is 0 Å². The molecule has 0 bridgehead atoms. The topological polar surface area (TPSA) is 0 Å². The first kappa shape index (κ1) is 33.6. The van der Waals surface area contributed by atoms with E-state index in [0.717, 1.165) is 118 Å². The molecule has 10 fully saturated rings. The quantitative estimate of drug-likeness (QED) is 0.281. The van der Waals surface area contributed by atoms with E-state index < -0.39 is 0 Å². The van der Waals surface area contributed by atoms with Gasteiger partial charge in [-0.3, -0.25) is 0 Å². The first-order valence-electron chi connectivity index (χ1n) is 23.5. The van der Waals surface area contributed by atoms with E-state index in [-0.39, 0.29) is 0 Å². The third-order valence-electron chi connectivity index (χ3n) is 22.0. The highest BCUT2D eigenvalue weighted by Crippen LogP contribution is 2.86. The normalized spacial score (nSPS) is 59.2. The highest BCUT2D eigenvalue weighted by atomic mass is 14.9. The third-order valence-corrected chi connectivity index (χ3v) is 22.0. The molecule has 0 aromatic carbocycles. The molecule has 0 aliphatic heterocycles. The molecule has 276 valence electrons. The van der Waals surface area contributed by atoms with Crippen LogP contribution in [0.15, 0.2) is 0 Å². The summed E-state index contributed by atoms with van der Waals surface area (Å²) < 4.78 is 0. The molecular formula is C49H80. The van der Waals surface area contributed by atoms with Gasteiger partial charge >= 0.3 is 0 Å². The van der Waals surface area contributed by atoms with Gasteiger partial charge in [-0.15, -0.1) is 0 Å². The van der Waals surface area contributed by atoms with Crippen LogP contribution >= 0.6 is 0 Å². The number of hydrogen-bond donors (Lipinski definition) is 0. The zero-order chi connectivity index (χ0) is 33.8. The second kappa shape index (κ2) is 11.5. The second-order valence-electron chi connectivity index (χ2n) is 23.9. The van der Waals surface area contributed by atoms with Gasteiger partial charge in [0.15, 0.2) is 0 Å². The SMILES string of the molecule is CCC1CC2CC3CCC4C5CC(C6CCCCC6)CCC5C5C6CC(C(C)(C)C)CCC6C6(C2C(C1)C1CC(C)C(C)(C(C)C)C16)C3C45. The molecule has 49 heavy (non-hydrogen) atoms. The van der Waals surface area contributed by atoms with E-state index in [1.807, 2.05) is 0 Å². The lowest BCUT2D eigenvalue weighted by Crippen LogP contribution is -2.68. The first-order valence-corrected chi connectivity index (χ1v) is 23.5. The molecule has 10 aliphatic rings. The van der Waals surface area contributed by atoms with Crippen molar-refractivity contribution in [1.82, 2.24) is 0 Å². The number of fused-ring (bicyclic) bond motifs is 7. The molecule has 10 rings (SSSR count). The van der Waals surface area contributed by atoms with Crippen molar-refractivity contribution in [3.63, 3.8) is 0 Å². The summed E-state index contributed by atoms with van der Waals surface area (Å²) >= 11 is 0. The van der Waals surface area contributed by atoms with E-state index in [9.17, 15) is 0 Å². The maximum Gasteiger partial charge on any atom is -0.0163 e. The van der Waals surface area contributed by atoms with Gasteiger partial charge in [-0.25, -0.2) is 0 Å². The van der Waals surface area contributed by atoms with Crippen LogP contribution in [0.4, 0.5) is 0 Å². The summed E-state index contributed by atoms with van der Waals surface area (Å²) in [4.78, 5) is 0. The number of rotatable bonds is 3. The lowest BCUT2D eigenvalue weighted by atomic mass is 9.32. The zero-order valence-electron chi connectivity index (χ0n) is 33.8. The highest BCUT2D eigenvalue weighted by molar-refractivity contribution is 5.29. The van der Waals surface area contributed by atoms with Crippen LogP contribution in [0.25, 0.3) is 0 Å². The molecule has 0 amide bonds. The summed E-state index contributed by atoms with van der Waals surface area (Å²) in [5, 5.41) is 0. The summed E-state index contributed by atoms with van der Waals surface area (Å²) in [6.45, 7) is 21.6. The van der Waals surface area contributed by atoms with E-state index in [0.29, 0.717) is 16.2 Å². The second-order valence-corrected chi connectivity index (χ2v) is 23.9. The maximum absolute atomic E-state index is 2.93. The predicted molar refractivity (Wildman–Crippen MR) is 206 cm³/mol. The van der Waals surface area contributed by atoms with E-state index in [2.05, 4.69) is 55.4 Å². The van der Waals surface area contributed by atoms with Crippen molar-refractivity contribution in [2.24, 2.45) is 135 Å². The van der Waals surface area contributed by atoms with Crippen LogP contribution < -0.4 is 0 Å². The van der Waals surface area contributed by atoms with Gasteiger partial charge in [0.2, 0.25) is 0 Å². The zero-order valence-corrected chi connectivity index (χ0v) is 33.8. The molecule has 0 radical (unpaired) electrons. The molecule has 0 aromatic heterocycles. The van der Waals surface area contributed by atoms with Crippen molar-refractivity contribution < 1.29 is 0 Å². The Kier molecular flexibility index (Phi) is 7.88. The molecule has 20 atom stereocenters. The molecule has 0 aromatic rings. The van der Waals surface area contributed by atoms with Gasteiger partial charge in [-0.1, -0.05) is 93.9 Å². The molecule has 20 unspecified atom stereocenters. The summed E-state index contributed by atoms with van der Waals surface area (Å²) in [5.74, 6) is 21.2. The average molecular weight is 669 g/mol. The van der Waals surface area contributed by atoms with Crippen molar-refractivity contribution in [2.45, 2.75) is 171 Å². The Bertz CT molecular complexity index is 1250. The molecule has 1 spiro atoms. The van der Waals surface area contributed by atoms with Crippen LogP contribution in [0, 0.1) is 135 Å². The van der Waals surface area contributed by atoms with E-state index in [1.54, 1.807) is 103 Å². The minimum absolute atomic E-state index is 0.480. The van der Waals surface area contributed by atoms with Crippen LogP contribution in [0.2, 0.25) is 0 Å². The van der Waals surface area contributed by atoms with Crippen LogP contribution in [-0.2, 0) is 0 Å². The molecule has 0 heterocycles. The lowest BCUT2D eigenvalue weighted by molar-refractivity contribution is -0.255. The third kappa shape index (κ3) is 4.34. The molecular weight excluding hydrogens is 589 g/mol. The minimum atomic E-state index is 0.480. The smallest absolute Gasteiger partial charge is 0.0163 e. The Morgan fingerprint density at radius 2 is 1.33 bits per heavy atom. The minimum Gasteiger partial charge on any atom is -0.0651 e. The standard InChI is InChI=1S/C49H80/c1-9-29-22-33-24-32-16-19-36-37-25-31(30-13-11-10-12-14-30)15-18-35(37)42-40-26-34(47(5,6)7)17-20-41(40)49(45(32)43(36)42)44(33)38(23-29)39-21-28(4)48(8,27(2)3)46(39)49/h27-46H,9-26H2,1-8H3. The molecule has 0 nitrogen and oxygen atoms in total. The van der Waals surface area contributed by atoms with Crippen LogP contribution in [0.1, 0.15) is 171 Å². The lowest BCUT2D eigenvalue weighted by Gasteiger charge is -2.73. The van der Waals surface area contributed by atoms with Gasteiger partial charge in [-0.2, -0.15) is 0 Å². The van der Waals surface area contributed by atoms with Crippen molar-refractivity contribution in [3.8, 4) is 0 Å². The molecule has 10 saturated carbocycles. The first-order chi connectivity index (χ1) is 23.5. The van der Waals surface area contributed by atoms with E-state index in [1.165, 1.54) is 12.8 Å². The Morgan fingerprint density at radius 3 is 2.04 bits per heavy atom. The Labute approximate surface area is 304 Å². The molecule has 10 aliphatic carbocycles. The fraction of sp³-hybridized carbons (Fsp3) is 1.00. The summed E-state index contributed by atoms with van der Waals surface area (Å²) in [6, 6.07) is 0. The molecule has 0 N–H and O–H groups in total. The fourth-order valence-corrected chi connectivity index (χ4v) is 20.5. The fourth-order valence-electron chi connectivity index (χ4n) is 20.5. The average Bonchev–Trinajstić information content (AvgIpc) is 3.68. The van der Waals surface area contributed by atoms with Gasteiger partial charge in [-0.05, 0) is 212 Å². The van der Waals surface area contributed by atoms with Crippen molar-refractivity contribution in [1.29, 1.82) is 0 Å². The summed E-state index contributed by atoms with van der Waals surface area (Å²) in [7, 11) is 0. The van der Waals surface area contributed by atoms with Crippen molar-refractivity contribution in [3.05, 3.63) is 0 Å². The predicted octanol–water partition coefficient (Wildman–Crippen LogP) is 13.6. The molecule has 0 heteroatoms. The molecule has 0 saturated heterocycles. The maximum atomic E-state index is 2.93. The van der Waals surface area contributed by atoms with Crippen LogP contribution in [-0.4, -0.2) is 0 Å². The van der Waals surface area contributed by atoms with Crippen molar-refractivity contribution >= 4 is 0 Å². The Balaban J connectivity index is 1.14. The van der Waals surface area contributed by atoms with Crippen molar-refractivity contribution in [2.75, 3.05) is 0 Å². The van der Waals surface area contributed by atoms with Gasteiger partial charge in [0, 0.05) is 0 Å². The highest BCUT2D eigenvalue weighted by Gasteiger charge is 2.81. The van der Waals surface area contributed by atoms with Crippen LogP contribution in [0.3, 0.4) is 0 Å². The summed E-state index contributed by atoms with van der Waals surface area (Å²) in [5.41, 5.74) is 1.71.